The molecule has 2 aliphatic rings. The highest BCUT2D eigenvalue weighted by molar-refractivity contribution is 5.95. The van der Waals surface area contributed by atoms with Crippen LogP contribution in [0.4, 0.5) is 4.79 Å². The van der Waals surface area contributed by atoms with E-state index in [1.165, 1.54) is 5.56 Å². The molecular formula is C44H51N5O5. The van der Waals surface area contributed by atoms with Crippen LogP contribution in [0.2, 0.25) is 0 Å². The molecule has 54 heavy (non-hydrogen) atoms. The van der Waals surface area contributed by atoms with E-state index in [0.717, 1.165) is 59.2 Å². The number of carbonyl (C=O) groups is 2. The Morgan fingerprint density at radius 3 is 2.09 bits per heavy atom. The average Bonchev–Trinajstić information content (AvgIpc) is 3.51. The van der Waals surface area contributed by atoms with Gasteiger partial charge in [0.1, 0.15) is 24.5 Å². The third-order valence-electron chi connectivity index (χ3n) is 10.6. The number of piperidine rings is 2. The first-order chi connectivity index (χ1) is 26.0. The molecule has 2 aliphatic heterocycles. The second-order valence-corrected chi connectivity index (χ2v) is 15.7. The van der Waals surface area contributed by atoms with E-state index >= 15 is 0 Å². The summed E-state index contributed by atoms with van der Waals surface area (Å²) in [6.07, 6.45) is 2.17. The number of ether oxygens (including phenoxy) is 3. The van der Waals surface area contributed by atoms with E-state index < -0.39 is 5.60 Å². The molecule has 0 unspecified atom stereocenters. The maximum atomic E-state index is 13.7. The van der Waals surface area contributed by atoms with Crippen LogP contribution in [0.15, 0.2) is 91.0 Å². The summed E-state index contributed by atoms with van der Waals surface area (Å²) in [5.41, 5.74) is 5.46. The molecule has 2 aromatic heterocycles. The van der Waals surface area contributed by atoms with Gasteiger partial charge in [-0.2, -0.15) is 10.1 Å². The maximum Gasteiger partial charge on any atom is 0.410 e. The quantitative estimate of drug-likeness (QED) is 0.150. The molecule has 282 valence electrons. The van der Waals surface area contributed by atoms with Crippen LogP contribution < -0.4 is 9.47 Å². The smallest absolute Gasteiger partial charge is 0.410 e. The number of carbonyl (C=O) groups excluding carboxylic acids is 2. The fourth-order valence-corrected chi connectivity index (χ4v) is 7.65. The van der Waals surface area contributed by atoms with Gasteiger partial charge in [0.15, 0.2) is 0 Å². The summed E-state index contributed by atoms with van der Waals surface area (Å²) >= 11 is 0. The highest BCUT2D eigenvalue weighted by Crippen LogP contribution is 2.38. The largest absolute Gasteiger partial charge is 0.473 e. The lowest BCUT2D eigenvalue weighted by molar-refractivity contribution is -0.140. The number of fused-ring (bicyclic) bond motifs is 1. The van der Waals surface area contributed by atoms with Crippen LogP contribution in [0.1, 0.15) is 69.6 Å². The molecule has 2 fully saturated rings. The Bertz CT molecular complexity index is 2070. The number of nitrogens with zero attached hydrogens (tertiary/aromatic N) is 5. The van der Waals surface area contributed by atoms with Crippen LogP contribution >= 0.6 is 0 Å². The van der Waals surface area contributed by atoms with Crippen molar-refractivity contribution in [3.63, 3.8) is 0 Å². The number of aryl methyl sites for hydroxylation is 1. The van der Waals surface area contributed by atoms with Crippen molar-refractivity contribution in [1.29, 1.82) is 0 Å². The summed E-state index contributed by atoms with van der Waals surface area (Å²) in [5.74, 6) is 1.51. The standard InChI is InChI=1S/C44H51N5O5/c1-30-27-49(43(51)54-44(2,3)4)25-22-35(30)42(50)48-23-20-33(21-24-48)34-16-17-36-38(26-34)47(5)46-40(36)37-18-19-39(52-28-31-12-8-6-9-13-31)45-41(37)53-29-32-14-10-7-11-15-32/h6-19,26,30,33,35H,20-25,27-29H2,1-5H3/t30-,35-/m1/s1. The van der Waals surface area contributed by atoms with Crippen LogP contribution in [-0.4, -0.2) is 68.3 Å². The van der Waals surface area contributed by atoms with Gasteiger partial charge < -0.3 is 24.0 Å². The number of likely N-dealkylation sites (tertiary alicyclic amines) is 2. The van der Waals surface area contributed by atoms with Crippen LogP contribution in [0, 0.1) is 11.8 Å². The van der Waals surface area contributed by atoms with Gasteiger partial charge in [-0.1, -0.05) is 79.7 Å². The molecular weight excluding hydrogens is 679 g/mol. The Balaban J connectivity index is 1.04. The first-order valence-electron chi connectivity index (χ1n) is 19.1. The zero-order valence-corrected chi connectivity index (χ0v) is 32.0. The number of benzene rings is 3. The second kappa shape index (κ2) is 15.9. The minimum absolute atomic E-state index is 0.0787. The molecule has 7 rings (SSSR count). The summed E-state index contributed by atoms with van der Waals surface area (Å²) in [5, 5.41) is 6.00. The minimum atomic E-state index is -0.537. The van der Waals surface area contributed by atoms with Gasteiger partial charge in [-0.15, -0.1) is 0 Å². The summed E-state index contributed by atoms with van der Waals surface area (Å²) in [7, 11) is 1.97. The van der Waals surface area contributed by atoms with Gasteiger partial charge in [0.05, 0.1) is 11.1 Å². The Morgan fingerprint density at radius 2 is 1.44 bits per heavy atom. The van der Waals surface area contributed by atoms with Gasteiger partial charge >= 0.3 is 6.09 Å². The number of aromatic nitrogens is 3. The van der Waals surface area contributed by atoms with E-state index in [-0.39, 0.29) is 23.8 Å². The third-order valence-corrected chi connectivity index (χ3v) is 10.6. The number of hydrogen-bond acceptors (Lipinski definition) is 7. The molecule has 5 aromatic rings. The fraction of sp³-hybridized carbons (Fsp3) is 0.409. The molecule has 2 atom stereocenters. The topological polar surface area (TPSA) is 99.0 Å². The Labute approximate surface area is 318 Å². The maximum absolute atomic E-state index is 13.7. The molecule has 4 heterocycles. The van der Waals surface area contributed by atoms with Gasteiger partial charge in [0.25, 0.3) is 0 Å². The lowest BCUT2D eigenvalue weighted by atomic mass is 9.84. The van der Waals surface area contributed by atoms with E-state index in [2.05, 4.69) is 25.1 Å². The predicted octanol–water partition coefficient (Wildman–Crippen LogP) is 8.39. The number of amides is 2. The van der Waals surface area contributed by atoms with E-state index in [4.69, 9.17) is 24.3 Å². The molecule has 0 bridgehead atoms. The lowest BCUT2D eigenvalue weighted by Gasteiger charge is -2.40. The molecule has 10 nitrogen and oxygen atoms in total. The van der Waals surface area contributed by atoms with Crippen LogP contribution in [0.25, 0.3) is 22.2 Å². The van der Waals surface area contributed by atoms with Crippen molar-refractivity contribution in [3.05, 3.63) is 108 Å². The second-order valence-electron chi connectivity index (χ2n) is 15.7. The van der Waals surface area contributed by atoms with Gasteiger partial charge in [0.2, 0.25) is 17.7 Å². The van der Waals surface area contributed by atoms with E-state index in [0.29, 0.717) is 50.4 Å². The summed E-state index contributed by atoms with van der Waals surface area (Å²) in [4.78, 5) is 35.0. The predicted molar refractivity (Wildman–Crippen MR) is 209 cm³/mol. The normalized spacial score (nSPS) is 18.1. The summed E-state index contributed by atoms with van der Waals surface area (Å²) in [6, 6.07) is 30.6. The molecule has 0 radical (unpaired) electrons. The number of rotatable bonds is 9. The number of pyridine rings is 1. The monoisotopic (exact) mass is 729 g/mol. The third kappa shape index (κ3) is 8.54. The SMILES string of the molecule is C[C@@H]1CN(C(=O)OC(C)(C)C)CC[C@H]1C(=O)N1CCC(c2ccc3c(-c4ccc(OCc5ccccc5)nc4OCc4ccccc4)nn(C)c3c2)CC1. The van der Waals surface area contributed by atoms with Crippen molar-refractivity contribution in [1.82, 2.24) is 24.6 Å². The molecule has 0 spiro atoms. The molecule has 2 amide bonds. The van der Waals surface area contributed by atoms with Crippen molar-refractivity contribution in [2.75, 3.05) is 26.2 Å². The van der Waals surface area contributed by atoms with Crippen molar-refractivity contribution < 1.29 is 23.8 Å². The summed E-state index contributed by atoms with van der Waals surface area (Å²) in [6.45, 7) is 11.0. The Morgan fingerprint density at radius 1 is 0.796 bits per heavy atom. The van der Waals surface area contributed by atoms with Gasteiger partial charge in [0, 0.05) is 50.6 Å². The average molecular weight is 730 g/mol. The summed E-state index contributed by atoms with van der Waals surface area (Å²) < 4.78 is 20.0. The Hall–Kier alpha value is -5.38. The zero-order chi connectivity index (χ0) is 37.8. The molecule has 0 N–H and O–H groups in total. The highest BCUT2D eigenvalue weighted by Gasteiger charge is 2.38. The molecule has 0 aliphatic carbocycles. The molecule has 10 heteroatoms. The van der Waals surface area contributed by atoms with Gasteiger partial charge in [-0.3, -0.25) is 9.48 Å². The van der Waals surface area contributed by atoms with Crippen LogP contribution in [-0.2, 0) is 29.8 Å². The van der Waals surface area contributed by atoms with Crippen molar-refractivity contribution in [2.24, 2.45) is 18.9 Å². The van der Waals surface area contributed by atoms with Crippen molar-refractivity contribution in [3.8, 4) is 23.0 Å². The van der Waals surface area contributed by atoms with Gasteiger partial charge in [-0.05, 0) is 80.7 Å². The van der Waals surface area contributed by atoms with Crippen LogP contribution in [0.5, 0.6) is 11.8 Å². The van der Waals surface area contributed by atoms with E-state index in [9.17, 15) is 9.59 Å². The van der Waals surface area contributed by atoms with Gasteiger partial charge in [-0.25, -0.2) is 4.79 Å². The first kappa shape index (κ1) is 37.0. The van der Waals surface area contributed by atoms with Crippen LogP contribution in [0.3, 0.4) is 0 Å². The van der Waals surface area contributed by atoms with Crippen molar-refractivity contribution >= 4 is 22.9 Å². The van der Waals surface area contributed by atoms with E-state index in [1.807, 2.05) is 110 Å². The van der Waals surface area contributed by atoms with Crippen molar-refractivity contribution in [2.45, 2.75) is 71.7 Å². The molecule has 2 saturated heterocycles. The fourth-order valence-electron chi connectivity index (χ4n) is 7.65. The molecule has 0 saturated carbocycles. The zero-order valence-electron chi connectivity index (χ0n) is 32.0. The number of hydrogen-bond donors (Lipinski definition) is 0. The Kier molecular flexibility index (Phi) is 10.9. The minimum Gasteiger partial charge on any atom is -0.473 e. The lowest BCUT2D eigenvalue weighted by Crippen LogP contribution is -2.50. The first-order valence-corrected chi connectivity index (χ1v) is 19.1. The molecule has 3 aromatic carbocycles. The highest BCUT2D eigenvalue weighted by atomic mass is 16.6. The van der Waals surface area contributed by atoms with E-state index in [1.54, 1.807) is 4.90 Å².